The van der Waals surface area contributed by atoms with Gasteiger partial charge in [-0.25, -0.2) is 27.2 Å². The number of nitrogen functional groups attached to an aromatic ring is 2. The molecule has 4 aromatic rings. The van der Waals surface area contributed by atoms with Crippen LogP contribution in [-0.2, 0) is 16.6 Å². The number of rotatable bonds is 7. The van der Waals surface area contributed by atoms with Crippen molar-refractivity contribution < 1.29 is 17.2 Å². The van der Waals surface area contributed by atoms with Crippen LogP contribution in [0.25, 0.3) is 22.4 Å². The van der Waals surface area contributed by atoms with Gasteiger partial charge in [-0.3, -0.25) is 9.40 Å². The van der Waals surface area contributed by atoms with E-state index in [-0.39, 0.29) is 62.6 Å². The molecule has 0 unspecified atom stereocenters. The quantitative estimate of drug-likeness (QED) is 0.345. The Kier molecular flexibility index (Phi) is 6.28. The fraction of sp³-hybridized carbons (Fsp3) is 0.190. The van der Waals surface area contributed by atoms with E-state index >= 15 is 0 Å². The molecule has 0 aliphatic heterocycles. The van der Waals surface area contributed by atoms with E-state index in [9.17, 15) is 17.2 Å². The maximum Gasteiger partial charge on any atom is 0.232 e. The molecule has 0 aliphatic carbocycles. The van der Waals surface area contributed by atoms with Crippen LogP contribution in [0.2, 0.25) is 5.02 Å². The normalized spacial score (nSPS) is 11.8. The van der Waals surface area contributed by atoms with E-state index in [1.165, 1.54) is 22.9 Å². The van der Waals surface area contributed by atoms with Gasteiger partial charge in [-0.15, -0.1) is 0 Å². The fourth-order valence-electron chi connectivity index (χ4n) is 3.48. The highest BCUT2D eigenvalue weighted by Crippen LogP contribution is 2.36. The lowest BCUT2D eigenvalue weighted by molar-refractivity contribution is 0.581. The van der Waals surface area contributed by atoms with E-state index in [0.717, 1.165) is 0 Å². The minimum Gasteiger partial charge on any atom is -0.382 e. The zero-order chi connectivity index (χ0) is 24.6. The van der Waals surface area contributed by atoms with Crippen LogP contribution in [0.3, 0.4) is 0 Å². The first kappa shape index (κ1) is 23.6. The highest BCUT2D eigenvalue weighted by atomic mass is 35.5. The number of aromatic nitrogens is 4. The molecule has 5 N–H and O–H groups in total. The van der Waals surface area contributed by atoms with Gasteiger partial charge >= 0.3 is 0 Å². The molecule has 0 atom stereocenters. The van der Waals surface area contributed by atoms with Gasteiger partial charge in [0, 0.05) is 5.56 Å². The van der Waals surface area contributed by atoms with Gasteiger partial charge < -0.3 is 11.5 Å². The lowest BCUT2D eigenvalue weighted by Gasteiger charge is -2.12. The second-order valence-corrected chi connectivity index (χ2v) is 9.71. The van der Waals surface area contributed by atoms with Gasteiger partial charge in [-0.05, 0) is 24.6 Å². The van der Waals surface area contributed by atoms with E-state index in [2.05, 4.69) is 19.8 Å². The van der Waals surface area contributed by atoms with Gasteiger partial charge in [0.1, 0.15) is 28.5 Å². The molecular formula is C21H20ClF2N7O2S. The minimum atomic E-state index is -3.70. The van der Waals surface area contributed by atoms with Crippen molar-refractivity contribution in [3.05, 3.63) is 58.6 Å². The second-order valence-electron chi connectivity index (χ2n) is 7.46. The number of benzene rings is 2. The van der Waals surface area contributed by atoms with Crippen LogP contribution in [0, 0.1) is 11.6 Å². The molecule has 0 saturated heterocycles. The summed E-state index contributed by atoms with van der Waals surface area (Å²) in [6, 6.07) is 8.54. The monoisotopic (exact) mass is 507 g/mol. The van der Waals surface area contributed by atoms with Gasteiger partial charge in [-0.1, -0.05) is 36.7 Å². The number of nitrogens with zero attached hydrogens (tertiary/aromatic N) is 4. The molecule has 9 nitrogen and oxygen atoms in total. The maximum absolute atomic E-state index is 14.9. The van der Waals surface area contributed by atoms with Crippen LogP contribution in [0.4, 0.5) is 26.1 Å². The fourth-order valence-corrected chi connectivity index (χ4v) is 4.88. The van der Waals surface area contributed by atoms with Crippen LogP contribution < -0.4 is 16.2 Å². The smallest absolute Gasteiger partial charge is 0.232 e. The second kappa shape index (κ2) is 9.03. The molecule has 0 fully saturated rings. The largest absolute Gasteiger partial charge is 0.382 e. The average molecular weight is 508 g/mol. The van der Waals surface area contributed by atoms with Gasteiger partial charge in [0.05, 0.1) is 22.7 Å². The number of anilines is 3. The van der Waals surface area contributed by atoms with Crippen LogP contribution in [0.5, 0.6) is 0 Å². The maximum atomic E-state index is 14.9. The lowest BCUT2D eigenvalue weighted by Crippen LogP contribution is -2.19. The number of nitrogens with two attached hydrogens (primary N) is 2. The molecule has 2 heterocycles. The van der Waals surface area contributed by atoms with E-state index in [1.807, 2.05) is 0 Å². The van der Waals surface area contributed by atoms with Crippen molar-refractivity contribution in [2.45, 2.75) is 19.9 Å². The molecule has 34 heavy (non-hydrogen) atoms. The zero-order valence-corrected chi connectivity index (χ0v) is 19.5. The van der Waals surface area contributed by atoms with E-state index in [0.29, 0.717) is 6.42 Å². The molecule has 0 aliphatic rings. The number of fused-ring (bicyclic) bond motifs is 1. The lowest BCUT2D eigenvalue weighted by atomic mass is 10.1. The molecule has 0 saturated carbocycles. The number of halogens is 3. The zero-order valence-electron chi connectivity index (χ0n) is 17.9. The van der Waals surface area contributed by atoms with Gasteiger partial charge in [0.15, 0.2) is 17.5 Å². The molecule has 178 valence electrons. The Morgan fingerprint density at radius 1 is 1.06 bits per heavy atom. The third-order valence-electron chi connectivity index (χ3n) is 4.98. The first-order valence-electron chi connectivity index (χ1n) is 10.1. The summed E-state index contributed by atoms with van der Waals surface area (Å²) >= 11 is 6.36. The summed E-state index contributed by atoms with van der Waals surface area (Å²) < 4.78 is 56.9. The van der Waals surface area contributed by atoms with E-state index < -0.39 is 21.7 Å². The molecule has 13 heteroatoms. The molecule has 0 bridgehead atoms. The molecule has 0 radical (unpaired) electrons. The van der Waals surface area contributed by atoms with Crippen molar-refractivity contribution in [2.75, 3.05) is 21.9 Å². The predicted molar refractivity (Wildman–Crippen MR) is 128 cm³/mol. The van der Waals surface area contributed by atoms with Gasteiger partial charge in [0.25, 0.3) is 0 Å². The van der Waals surface area contributed by atoms with Crippen molar-refractivity contribution >= 4 is 49.9 Å². The molecule has 0 spiro atoms. The summed E-state index contributed by atoms with van der Waals surface area (Å²) in [5, 5.41) is 4.71. The van der Waals surface area contributed by atoms with Crippen molar-refractivity contribution in [2.24, 2.45) is 0 Å². The predicted octanol–water partition coefficient (Wildman–Crippen LogP) is 3.79. The molecule has 4 rings (SSSR count). The Balaban J connectivity index is 1.87. The van der Waals surface area contributed by atoms with Crippen molar-refractivity contribution in [3.63, 3.8) is 0 Å². The summed E-state index contributed by atoms with van der Waals surface area (Å²) in [5.41, 5.74) is 12.1. The van der Waals surface area contributed by atoms with E-state index in [4.69, 9.17) is 23.1 Å². The van der Waals surface area contributed by atoms with Crippen LogP contribution in [-0.4, -0.2) is 33.9 Å². The Morgan fingerprint density at radius 2 is 1.74 bits per heavy atom. The van der Waals surface area contributed by atoms with Crippen LogP contribution in [0.15, 0.2) is 36.4 Å². The summed E-state index contributed by atoms with van der Waals surface area (Å²) in [6.45, 7) is 1.61. The SMILES string of the molecule is CCCS(=O)(=O)Nc1c(N)nc(-c2nn(Cc3ccccc3F)c3c(F)ccc(Cl)c23)nc1N. The third kappa shape index (κ3) is 4.46. The Morgan fingerprint density at radius 3 is 2.38 bits per heavy atom. The number of hydrogen-bond donors (Lipinski definition) is 3. The van der Waals surface area contributed by atoms with E-state index in [1.54, 1.807) is 25.1 Å². The summed E-state index contributed by atoms with van der Waals surface area (Å²) in [4.78, 5) is 8.27. The third-order valence-corrected chi connectivity index (χ3v) is 6.75. The summed E-state index contributed by atoms with van der Waals surface area (Å²) in [5.74, 6) is -1.85. The highest BCUT2D eigenvalue weighted by molar-refractivity contribution is 7.92. The van der Waals surface area contributed by atoms with Gasteiger partial charge in [-0.2, -0.15) is 5.10 Å². The summed E-state index contributed by atoms with van der Waals surface area (Å²) in [6.07, 6.45) is 0.379. The molecule has 2 aromatic carbocycles. The van der Waals surface area contributed by atoms with Gasteiger partial charge in [0.2, 0.25) is 10.0 Å². The number of sulfonamides is 1. The van der Waals surface area contributed by atoms with Crippen molar-refractivity contribution in [1.82, 2.24) is 19.7 Å². The number of hydrogen-bond acceptors (Lipinski definition) is 7. The first-order chi connectivity index (χ1) is 16.1. The average Bonchev–Trinajstić information content (AvgIpc) is 3.15. The number of nitrogens with one attached hydrogen (secondary N) is 1. The molecular weight excluding hydrogens is 488 g/mol. The van der Waals surface area contributed by atoms with Crippen LogP contribution in [0.1, 0.15) is 18.9 Å². The minimum absolute atomic E-state index is 0.0132. The molecule has 2 aromatic heterocycles. The van der Waals surface area contributed by atoms with Crippen molar-refractivity contribution in [1.29, 1.82) is 0 Å². The Bertz CT molecular complexity index is 1490. The topological polar surface area (TPSA) is 142 Å². The first-order valence-corrected chi connectivity index (χ1v) is 12.2. The summed E-state index contributed by atoms with van der Waals surface area (Å²) in [7, 11) is -3.70. The molecule has 0 amide bonds. The van der Waals surface area contributed by atoms with Crippen LogP contribution >= 0.6 is 11.6 Å². The van der Waals surface area contributed by atoms with Crippen molar-refractivity contribution in [3.8, 4) is 11.5 Å². The Labute approximate surface area is 198 Å². The highest BCUT2D eigenvalue weighted by Gasteiger charge is 2.24. The Hall–Kier alpha value is -3.51. The standard InChI is InChI=1S/C21H20ClF2N7O2S/c1-2-9-34(32,33)30-17-19(25)27-21(28-20(17)26)16-15-12(22)7-8-14(24)18(15)31(29-16)10-11-5-3-4-6-13(11)23/h3-8,30H,2,9-10H2,1H3,(H4,25,26,27,28).